The molecule has 1 heteroatoms. The lowest BCUT2D eigenvalue weighted by molar-refractivity contribution is 1.25. The van der Waals surface area contributed by atoms with Crippen LogP contribution in [0.5, 0.6) is 0 Å². The van der Waals surface area contributed by atoms with Crippen LogP contribution in [0.4, 0.5) is 0 Å². The van der Waals surface area contributed by atoms with Crippen LogP contribution >= 0.6 is 11.8 Å². The van der Waals surface area contributed by atoms with E-state index in [2.05, 4.69) is 38.3 Å². The molecular weight excluding hydrogens is 212 g/mol. The third-order valence-electron chi connectivity index (χ3n) is 2.23. The summed E-state index contributed by atoms with van der Waals surface area (Å²) in [6.45, 7) is 12.2. The van der Waals surface area contributed by atoms with Crippen molar-refractivity contribution in [2.75, 3.05) is 0 Å². The summed E-state index contributed by atoms with van der Waals surface area (Å²) in [6, 6.07) is 0. The first kappa shape index (κ1) is 12.9. The predicted molar refractivity (Wildman–Crippen MR) is 76.5 cm³/mol. The molecule has 0 radical (unpaired) electrons. The first-order chi connectivity index (χ1) is 7.69. The van der Waals surface area contributed by atoms with Crippen LogP contribution < -0.4 is 0 Å². The van der Waals surface area contributed by atoms with Gasteiger partial charge in [-0.1, -0.05) is 55.7 Å². The van der Waals surface area contributed by atoms with Gasteiger partial charge >= 0.3 is 0 Å². The Bertz CT molecular complexity index is 392. The van der Waals surface area contributed by atoms with Crippen molar-refractivity contribution >= 4 is 11.8 Å². The second kappa shape index (κ2) is 6.39. The Morgan fingerprint density at radius 1 is 1.38 bits per heavy atom. The molecule has 0 N–H and O–H groups in total. The van der Waals surface area contributed by atoms with Gasteiger partial charge in [0.25, 0.3) is 0 Å². The van der Waals surface area contributed by atoms with Crippen molar-refractivity contribution in [2.45, 2.75) is 19.1 Å². The molecule has 1 heterocycles. The third kappa shape index (κ3) is 3.42. The predicted octanol–water partition coefficient (Wildman–Crippen LogP) is 4.81. The highest BCUT2D eigenvalue weighted by molar-refractivity contribution is 8.04. The molecule has 0 bridgehead atoms. The largest absolute Gasteiger partial charge is 0.118 e. The highest BCUT2D eigenvalue weighted by atomic mass is 32.2. The van der Waals surface area contributed by atoms with Crippen molar-refractivity contribution in [3.8, 4) is 0 Å². The summed E-state index contributed by atoms with van der Waals surface area (Å²) in [6.07, 6.45) is 14.4. The standard InChI is InChI=1S/C15H18S/c1-5-9-14-12(3)10-7-8-11-13(4)16-15(14)6-2/h5-11,13H,2-3H2,1,4H3/b9-5-,10-7-,11-8-,15-14-. The summed E-state index contributed by atoms with van der Waals surface area (Å²) in [7, 11) is 0. The van der Waals surface area contributed by atoms with Crippen LogP contribution in [0.25, 0.3) is 0 Å². The van der Waals surface area contributed by atoms with Crippen LogP contribution in [-0.2, 0) is 0 Å². The van der Waals surface area contributed by atoms with E-state index in [4.69, 9.17) is 0 Å². The molecule has 0 saturated heterocycles. The van der Waals surface area contributed by atoms with Crippen LogP contribution in [-0.4, -0.2) is 5.25 Å². The Balaban J connectivity index is 3.22. The Hall–Kier alpha value is -1.21. The summed E-state index contributed by atoms with van der Waals surface area (Å²) >= 11 is 1.81. The Labute approximate surface area is 103 Å². The Morgan fingerprint density at radius 2 is 2.12 bits per heavy atom. The number of hydrogen-bond acceptors (Lipinski definition) is 1. The Kier molecular flexibility index (Phi) is 5.13. The van der Waals surface area contributed by atoms with Crippen molar-refractivity contribution in [3.63, 3.8) is 0 Å². The van der Waals surface area contributed by atoms with E-state index in [0.29, 0.717) is 5.25 Å². The van der Waals surface area contributed by atoms with Gasteiger partial charge in [0, 0.05) is 10.2 Å². The fraction of sp³-hybridized carbons (Fsp3) is 0.200. The molecule has 1 aliphatic heterocycles. The van der Waals surface area contributed by atoms with Crippen LogP contribution in [0, 0.1) is 0 Å². The highest BCUT2D eigenvalue weighted by Gasteiger charge is 2.08. The molecule has 0 nitrogen and oxygen atoms in total. The monoisotopic (exact) mass is 230 g/mol. The van der Waals surface area contributed by atoms with Crippen molar-refractivity contribution < 1.29 is 0 Å². The molecule has 84 valence electrons. The van der Waals surface area contributed by atoms with Crippen LogP contribution in [0.1, 0.15) is 13.8 Å². The first-order valence-electron chi connectivity index (χ1n) is 5.39. The molecule has 0 aromatic rings. The fourth-order valence-corrected chi connectivity index (χ4v) is 2.45. The summed E-state index contributed by atoms with van der Waals surface area (Å²) in [4.78, 5) is 1.19. The highest BCUT2D eigenvalue weighted by Crippen LogP contribution is 2.31. The van der Waals surface area contributed by atoms with E-state index in [1.165, 1.54) is 4.91 Å². The van der Waals surface area contributed by atoms with Crippen LogP contribution in [0.15, 0.2) is 71.7 Å². The van der Waals surface area contributed by atoms with Crippen molar-refractivity contribution in [2.24, 2.45) is 0 Å². The van der Waals surface area contributed by atoms with Gasteiger partial charge in [-0.25, -0.2) is 0 Å². The number of allylic oxidation sites excluding steroid dienone is 8. The van der Waals surface area contributed by atoms with E-state index in [9.17, 15) is 0 Å². The summed E-state index contributed by atoms with van der Waals surface area (Å²) in [5.74, 6) is 0. The van der Waals surface area contributed by atoms with Gasteiger partial charge in [-0.05, 0) is 25.0 Å². The van der Waals surface area contributed by atoms with Crippen molar-refractivity contribution in [1.29, 1.82) is 0 Å². The van der Waals surface area contributed by atoms with Gasteiger partial charge in [0.15, 0.2) is 0 Å². The lowest BCUT2D eigenvalue weighted by Gasteiger charge is -2.11. The number of thioether (sulfide) groups is 1. The topological polar surface area (TPSA) is 0 Å². The lowest BCUT2D eigenvalue weighted by atomic mass is 10.1. The molecule has 0 fully saturated rings. The van der Waals surface area contributed by atoms with Gasteiger partial charge in [-0.3, -0.25) is 0 Å². The van der Waals surface area contributed by atoms with Gasteiger partial charge in [0.1, 0.15) is 0 Å². The molecule has 1 rings (SSSR count). The molecule has 16 heavy (non-hydrogen) atoms. The van der Waals surface area contributed by atoms with Gasteiger partial charge < -0.3 is 0 Å². The number of rotatable bonds is 2. The first-order valence-corrected chi connectivity index (χ1v) is 6.27. The zero-order valence-corrected chi connectivity index (χ0v) is 10.8. The molecule has 0 saturated carbocycles. The second-order valence-electron chi connectivity index (χ2n) is 3.57. The fourth-order valence-electron chi connectivity index (χ4n) is 1.46. The van der Waals surface area contributed by atoms with E-state index < -0.39 is 0 Å². The average molecular weight is 230 g/mol. The maximum absolute atomic E-state index is 4.09. The Morgan fingerprint density at radius 3 is 2.75 bits per heavy atom. The molecule has 1 unspecified atom stereocenters. The normalized spacial score (nSPS) is 30.6. The van der Waals surface area contributed by atoms with E-state index in [0.717, 1.165) is 11.1 Å². The van der Waals surface area contributed by atoms with E-state index in [1.54, 1.807) is 0 Å². The lowest BCUT2D eigenvalue weighted by Crippen LogP contribution is -1.92. The molecule has 1 aliphatic rings. The molecule has 0 aromatic heterocycles. The van der Waals surface area contributed by atoms with Gasteiger partial charge in [-0.15, -0.1) is 11.8 Å². The SMILES string of the molecule is C=C/C1=C(\C=C/C)C(=C)/C=C\C=C/C(C)S1. The summed E-state index contributed by atoms with van der Waals surface area (Å²) in [5.41, 5.74) is 2.19. The maximum atomic E-state index is 4.09. The molecule has 0 aliphatic carbocycles. The van der Waals surface area contributed by atoms with Crippen molar-refractivity contribution in [1.82, 2.24) is 0 Å². The van der Waals surface area contributed by atoms with Gasteiger partial charge in [0.05, 0.1) is 0 Å². The minimum atomic E-state index is 0.448. The smallest absolute Gasteiger partial charge is 0.0249 e. The van der Waals surface area contributed by atoms with Gasteiger partial charge in [0.2, 0.25) is 0 Å². The van der Waals surface area contributed by atoms with Gasteiger partial charge in [-0.2, -0.15) is 0 Å². The van der Waals surface area contributed by atoms with Crippen LogP contribution in [0.2, 0.25) is 0 Å². The minimum Gasteiger partial charge on any atom is -0.118 e. The van der Waals surface area contributed by atoms with E-state index >= 15 is 0 Å². The second-order valence-corrected chi connectivity index (χ2v) is 4.99. The molecule has 1 atom stereocenters. The molecule has 0 amide bonds. The quantitative estimate of drug-likeness (QED) is 0.656. The molecule has 0 aromatic carbocycles. The molecule has 0 spiro atoms. The number of hydrogen-bond donors (Lipinski definition) is 0. The van der Waals surface area contributed by atoms with E-state index in [1.807, 2.05) is 43.0 Å². The van der Waals surface area contributed by atoms with E-state index in [-0.39, 0.29) is 0 Å². The molecular formula is C15H18S. The third-order valence-corrected chi connectivity index (χ3v) is 3.40. The maximum Gasteiger partial charge on any atom is 0.0249 e. The zero-order valence-electron chi connectivity index (χ0n) is 9.94. The summed E-state index contributed by atoms with van der Waals surface area (Å²) < 4.78 is 0. The average Bonchev–Trinajstić information content (AvgIpc) is 2.33. The van der Waals surface area contributed by atoms with Crippen LogP contribution in [0.3, 0.4) is 0 Å². The minimum absolute atomic E-state index is 0.448. The van der Waals surface area contributed by atoms with Crippen molar-refractivity contribution in [3.05, 3.63) is 71.7 Å². The summed E-state index contributed by atoms with van der Waals surface area (Å²) in [5, 5.41) is 0.448. The zero-order chi connectivity index (χ0) is 12.0.